The maximum atomic E-state index is 11.4. The number of thiazole rings is 1. The fraction of sp³-hybridized carbons (Fsp3) is 0.214. The zero-order chi connectivity index (χ0) is 15.9. The fourth-order valence-corrected chi connectivity index (χ4v) is 2.58. The van der Waals surface area contributed by atoms with Gasteiger partial charge in [-0.15, -0.1) is 11.3 Å². The largest absolute Gasteiger partial charge is 0.466 e. The molecule has 1 N–H and O–H groups in total. The van der Waals surface area contributed by atoms with Crippen LogP contribution in [0.25, 0.3) is 0 Å². The van der Waals surface area contributed by atoms with E-state index in [1.165, 1.54) is 11.3 Å². The highest BCUT2D eigenvalue weighted by Crippen LogP contribution is 2.19. The predicted molar refractivity (Wildman–Crippen MR) is 90.1 cm³/mol. The van der Waals surface area contributed by atoms with E-state index in [0.29, 0.717) is 33.0 Å². The van der Waals surface area contributed by atoms with Crippen molar-refractivity contribution < 1.29 is 9.53 Å². The summed E-state index contributed by atoms with van der Waals surface area (Å²) in [4.78, 5) is 15.6. The highest BCUT2D eigenvalue weighted by Gasteiger charge is 2.07. The average Bonchev–Trinajstić information content (AvgIpc) is 2.90. The number of ether oxygens (including phenoxy) is 1. The normalized spacial score (nSPS) is 10.9. The Labute approximate surface area is 141 Å². The van der Waals surface area contributed by atoms with E-state index in [2.05, 4.69) is 15.5 Å². The van der Waals surface area contributed by atoms with Gasteiger partial charge in [0.15, 0.2) is 0 Å². The molecule has 1 aromatic carbocycles. The molecule has 8 heteroatoms. The van der Waals surface area contributed by atoms with Crippen molar-refractivity contribution in [1.82, 2.24) is 4.98 Å². The van der Waals surface area contributed by atoms with E-state index < -0.39 is 0 Å². The summed E-state index contributed by atoms with van der Waals surface area (Å²) in [5, 5.41) is 7.55. The predicted octanol–water partition coefficient (Wildman–Crippen LogP) is 4.00. The summed E-state index contributed by atoms with van der Waals surface area (Å²) in [6, 6.07) is 5.12. The van der Waals surface area contributed by atoms with Gasteiger partial charge in [0.1, 0.15) is 0 Å². The van der Waals surface area contributed by atoms with Crippen molar-refractivity contribution >= 4 is 51.9 Å². The van der Waals surface area contributed by atoms with Crippen molar-refractivity contribution in [2.75, 3.05) is 12.0 Å². The van der Waals surface area contributed by atoms with Crippen LogP contribution in [0.3, 0.4) is 0 Å². The van der Waals surface area contributed by atoms with Gasteiger partial charge in [0.2, 0.25) is 5.13 Å². The van der Waals surface area contributed by atoms with Crippen molar-refractivity contribution in [3.63, 3.8) is 0 Å². The molecule has 0 aliphatic rings. The SMILES string of the molecule is CCOC(=O)Cc1csc(NN=Cc2cc(Cl)ccc2Cl)n1. The zero-order valence-electron chi connectivity index (χ0n) is 11.7. The lowest BCUT2D eigenvalue weighted by molar-refractivity contribution is -0.142. The minimum absolute atomic E-state index is 0.149. The van der Waals surface area contributed by atoms with Gasteiger partial charge in [-0.3, -0.25) is 10.2 Å². The van der Waals surface area contributed by atoms with Crippen LogP contribution in [0, 0.1) is 0 Å². The van der Waals surface area contributed by atoms with Gasteiger partial charge < -0.3 is 4.74 Å². The van der Waals surface area contributed by atoms with E-state index in [1.54, 1.807) is 36.7 Å². The molecule has 2 aromatic rings. The average molecular weight is 358 g/mol. The molecule has 1 heterocycles. The summed E-state index contributed by atoms with van der Waals surface area (Å²) in [7, 11) is 0. The first kappa shape index (κ1) is 16.7. The van der Waals surface area contributed by atoms with Gasteiger partial charge in [0, 0.05) is 21.0 Å². The Morgan fingerprint density at radius 3 is 3.09 bits per heavy atom. The van der Waals surface area contributed by atoms with Gasteiger partial charge in [0.05, 0.1) is 24.9 Å². The van der Waals surface area contributed by atoms with E-state index in [9.17, 15) is 4.79 Å². The second-order valence-corrected chi connectivity index (χ2v) is 5.86. The first-order chi connectivity index (χ1) is 10.6. The number of hydrazone groups is 1. The molecule has 5 nitrogen and oxygen atoms in total. The number of nitrogens with one attached hydrogen (secondary N) is 1. The molecule has 0 spiro atoms. The van der Waals surface area contributed by atoms with Crippen molar-refractivity contribution in [3.8, 4) is 0 Å². The van der Waals surface area contributed by atoms with E-state index in [0.717, 1.165) is 0 Å². The van der Waals surface area contributed by atoms with Crippen LogP contribution in [0.5, 0.6) is 0 Å². The summed E-state index contributed by atoms with van der Waals surface area (Å²) >= 11 is 13.3. The van der Waals surface area contributed by atoms with Gasteiger partial charge >= 0.3 is 5.97 Å². The smallest absolute Gasteiger partial charge is 0.311 e. The van der Waals surface area contributed by atoms with Crippen molar-refractivity contribution in [1.29, 1.82) is 0 Å². The number of hydrogen-bond acceptors (Lipinski definition) is 6. The first-order valence-electron chi connectivity index (χ1n) is 6.42. The molecule has 0 aliphatic heterocycles. The van der Waals surface area contributed by atoms with Crippen molar-refractivity contribution in [3.05, 3.63) is 44.9 Å². The molecule has 0 amide bonds. The number of carbonyl (C=O) groups is 1. The molecule has 22 heavy (non-hydrogen) atoms. The summed E-state index contributed by atoms with van der Waals surface area (Å²) in [6.07, 6.45) is 1.70. The Morgan fingerprint density at radius 2 is 2.32 bits per heavy atom. The third-order valence-electron chi connectivity index (χ3n) is 2.50. The van der Waals surface area contributed by atoms with E-state index in [-0.39, 0.29) is 12.4 Å². The molecular weight excluding hydrogens is 345 g/mol. The summed E-state index contributed by atoms with van der Waals surface area (Å²) in [5.41, 5.74) is 4.13. The topological polar surface area (TPSA) is 63.6 Å². The zero-order valence-corrected chi connectivity index (χ0v) is 14.0. The molecule has 0 aliphatic carbocycles. The standard InChI is InChI=1S/C14H13Cl2N3O2S/c1-2-21-13(20)6-11-8-22-14(18-11)19-17-7-9-5-10(15)3-4-12(9)16/h3-5,7-8H,2,6H2,1H3,(H,18,19). The van der Waals surface area contributed by atoms with E-state index in [4.69, 9.17) is 27.9 Å². The third kappa shape index (κ3) is 4.98. The van der Waals surface area contributed by atoms with Crippen molar-refractivity contribution in [2.24, 2.45) is 5.10 Å². The van der Waals surface area contributed by atoms with E-state index >= 15 is 0 Å². The molecule has 0 unspecified atom stereocenters. The number of esters is 1. The molecular formula is C14H13Cl2N3O2S. The maximum Gasteiger partial charge on any atom is 0.311 e. The number of hydrogen-bond donors (Lipinski definition) is 1. The van der Waals surface area contributed by atoms with Gasteiger partial charge in [-0.05, 0) is 25.1 Å². The lowest BCUT2D eigenvalue weighted by Crippen LogP contribution is -2.07. The Kier molecular flexibility index (Phi) is 6.18. The number of benzene rings is 1. The van der Waals surface area contributed by atoms with E-state index in [1.807, 2.05) is 0 Å². The molecule has 2 rings (SSSR count). The molecule has 1 aromatic heterocycles. The van der Waals surface area contributed by atoms with Crippen LogP contribution in [0.15, 0.2) is 28.7 Å². The lowest BCUT2D eigenvalue weighted by Gasteiger charge is -1.99. The first-order valence-corrected chi connectivity index (χ1v) is 8.06. The van der Waals surface area contributed by atoms with Gasteiger partial charge in [-0.25, -0.2) is 4.98 Å². The number of halogens is 2. The number of anilines is 1. The van der Waals surface area contributed by atoms with Gasteiger partial charge in [-0.1, -0.05) is 23.2 Å². The van der Waals surface area contributed by atoms with Gasteiger partial charge in [0.25, 0.3) is 0 Å². The second kappa shape index (κ2) is 8.12. The Balaban J connectivity index is 1.94. The Bertz CT molecular complexity index is 688. The van der Waals surface area contributed by atoms with Crippen LogP contribution < -0.4 is 5.43 Å². The van der Waals surface area contributed by atoms with Crippen LogP contribution in [0.2, 0.25) is 10.0 Å². The molecule has 0 saturated heterocycles. The van der Waals surface area contributed by atoms with Crippen LogP contribution in [-0.2, 0) is 16.0 Å². The molecule has 0 fully saturated rings. The molecule has 0 radical (unpaired) electrons. The highest BCUT2D eigenvalue weighted by molar-refractivity contribution is 7.13. The van der Waals surface area contributed by atoms with Gasteiger partial charge in [-0.2, -0.15) is 5.10 Å². The highest BCUT2D eigenvalue weighted by atomic mass is 35.5. The minimum Gasteiger partial charge on any atom is -0.466 e. The minimum atomic E-state index is -0.298. The summed E-state index contributed by atoms with van der Waals surface area (Å²) in [5.74, 6) is -0.298. The van der Waals surface area contributed by atoms with Crippen LogP contribution in [0.1, 0.15) is 18.2 Å². The number of aromatic nitrogens is 1. The Morgan fingerprint density at radius 1 is 1.50 bits per heavy atom. The maximum absolute atomic E-state index is 11.4. The van der Waals surface area contributed by atoms with Crippen molar-refractivity contribution in [2.45, 2.75) is 13.3 Å². The van der Waals surface area contributed by atoms with Crippen LogP contribution in [0.4, 0.5) is 5.13 Å². The third-order valence-corrected chi connectivity index (χ3v) is 3.88. The fourth-order valence-electron chi connectivity index (χ4n) is 1.57. The molecule has 0 bridgehead atoms. The summed E-state index contributed by atoms with van der Waals surface area (Å²) in [6.45, 7) is 2.13. The quantitative estimate of drug-likeness (QED) is 0.482. The Hall–Kier alpha value is -1.63. The number of rotatable bonds is 6. The second-order valence-electron chi connectivity index (χ2n) is 4.16. The number of nitrogens with zero attached hydrogens (tertiary/aromatic N) is 2. The molecule has 0 atom stereocenters. The van der Waals surface area contributed by atoms with Crippen LogP contribution in [-0.4, -0.2) is 23.8 Å². The monoisotopic (exact) mass is 357 g/mol. The number of carbonyl (C=O) groups excluding carboxylic acids is 1. The molecule has 0 saturated carbocycles. The lowest BCUT2D eigenvalue weighted by atomic mass is 10.2. The molecule has 116 valence electrons. The van der Waals surface area contributed by atoms with Crippen LogP contribution >= 0.6 is 34.5 Å². The summed E-state index contributed by atoms with van der Waals surface area (Å²) < 4.78 is 4.87.